The first-order valence-corrected chi connectivity index (χ1v) is 10.9. The maximum atomic E-state index is 13.4. The zero-order chi connectivity index (χ0) is 21.4. The van der Waals surface area contributed by atoms with Crippen LogP contribution in [0, 0.1) is 0 Å². The molecule has 3 aromatic carbocycles. The van der Waals surface area contributed by atoms with Crippen LogP contribution in [0.25, 0.3) is 16.6 Å². The van der Waals surface area contributed by atoms with Gasteiger partial charge < -0.3 is 14.4 Å². The Morgan fingerprint density at radius 2 is 1.77 bits per heavy atom. The summed E-state index contributed by atoms with van der Waals surface area (Å²) in [5, 5.41) is 1.26. The number of anilines is 1. The molecule has 31 heavy (non-hydrogen) atoms. The quantitative estimate of drug-likeness (QED) is 0.343. The molecule has 1 aromatic heterocycles. The van der Waals surface area contributed by atoms with E-state index < -0.39 is 0 Å². The van der Waals surface area contributed by atoms with Crippen LogP contribution < -0.4 is 19.9 Å². The number of aromatic nitrogens is 2. The van der Waals surface area contributed by atoms with Crippen LogP contribution in [0.15, 0.2) is 76.7 Å². The van der Waals surface area contributed by atoms with E-state index in [1.165, 1.54) is 11.8 Å². The van der Waals surface area contributed by atoms with Crippen molar-refractivity contribution in [2.45, 2.75) is 10.9 Å². The summed E-state index contributed by atoms with van der Waals surface area (Å²) in [5.74, 6) is 2.16. The summed E-state index contributed by atoms with van der Waals surface area (Å²) in [5.41, 5.74) is 3.56. The second-order valence-corrected chi connectivity index (χ2v) is 8.38. The van der Waals surface area contributed by atoms with Crippen molar-refractivity contribution in [2.75, 3.05) is 25.8 Å². The SMILES string of the molecule is CN(C)c1ccc(-n2c(SCc3ccc4c(c3)OCO4)nc3ccccc3c2=O)cc1. The Balaban J connectivity index is 1.56. The molecule has 7 heteroatoms. The standard InChI is InChI=1S/C24H21N3O3S/c1-26(2)17-8-10-18(11-9-17)27-23(28)19-5-3-4-6-20(19)25-24(27)31-14-16-7-12-21-22(13-16)30-15-29-21/h3-13H,14-15H2,1-2H3. The van der Waals surface area contributed by atoms with Gasteiger partial charge in [0.05, 0.1) is 16.6 Å². The lowest BCUT2D eigenvalue weighted by atomic mass is 10.2. The molecule has 0 spiro atoms. The Morgan fingerprint density at radius 1 is 1.00 bits per heavy atom. The van der Waals surface area contributed by atoms with Gasteiger partial charge in [-0.15, -0.1) is 0 Å². The molecule has 0 bridgehead atoms. The predicted octanol–water partition coefficient (Wildman–Crippen LogP) is 4.47. The summed E-state index contributed by atoms with van der Waals surface area (Å²) >= 11 is 1.53. The minimum Gasteiger partial charge on any atom is -0.454 e. The van der Waals surface area contributed by atoms with Gasteiger partial charge in [0.25, 0.3) is 5.56 Å². The van der Waals surface area contributed by atoms with Crippen LogP contribution in [-0.2, 0) is 5.75 Å². The van der Waals surface area contributed by atoms with Crippen LogP contribution in [0.1, 0.15) is 5.56 Å². The van der Waals surface area contributed by atoms with E-state index in [0.29, 0.717) is 21.8 Å². The summed E-state index contributed by atoms with van der Waals surface area (Å²) in [6, 6.07) is 21.3. The minimum atomic E-state index is -0.0728. The van der Waals surface area contributed by atoms with E-state index in [1.807, 2.05) is 85.7 Å². The second-order valence-electron chi connectivity index (χ2n) is 7.44. The fraction of sp³-hybridized carbons (Fsp3) is 0.167. The molecule has 0 N–H and O–H groups in total. The number of hydrogen-bond donors (Lipinski definition) is 0. The highest BCUT2D eigenvalue weighted by Crippen LogP contribution is 2.34. The number of para-hydroxylation sites is 1. The number of benzene rings is 3. The van der Waals surface area contributed by atoms with Crippen LogP contribution in [0.4, 0.5) is 5.69 Å². The molecule has 1 aliphatic rings. The molecule has 0 atom stereocenters. The molecule has 0 unspecified atom stereocenters. The van der Waals surface area contributed by atoms with Gasteiger partial charge in [0.1, 0.15) is 0 Å². The second kappa shape index (κ2) is 8.00. The van der Waals surface area contributed by atoms with Crippen molar-refractivity contribution < 1.29 is 9.47 Å². The highest BCUT2D eigenvalue weighted by Gasteiger charge is 2.16. The van der Waals surface area contributed by atoms with Gasteiger partial charge in [0, 0.05) is 25.5 Å². The Morgan fingerprint density at radius 3 is 2.58 bits per heavy atom. The van der Waals surface area contributed by atoms with Crippen LogP contribution in [0.5, 0.6) is 11.5 Å². The molecular formula is C24H21N3O3S. The van der Waals surface area contributed by atoms with E-state index in [4.69, 9.17) is 14.5 Å². The Hall–Kier alpha value is -3.45. The van der Waals surface area contributed by atoms with Crippen molar-refractivity contribution in [3.8, 4) is 17.2 Å². The molecule has 0 radical (unpaired) electrons. The van der Waals surface area contributed by atoms with Crippen LogP contribution in [0.2, 0.25) is 0 Å². The van der Waals surface area contributed by atoms with Crippen molar-refractivity contribution in [3.05, 3.63) is 82.6 Å². The molecule has 0 fully saturated rings. The molecule has 5 rings (SSSR count). The third kappa shape index (κ3) is 3.72. The molecule has 0 saturated heterocycles. The van der Waals surface area contributed by atoms with E-state index in [2.05, 4.69) is 0 Å². The summed E-state index contributed by atoms with van der Waals surface area (Å²) < 4.78 is 12.6. The highest BCUT2D eigenvalue weighted by molar-refractivity contribution is 7.98. The Bertz CT molecular complexity index is 1320. The number of hydrogen-bond acceptors (Lipinski definition) is 6. The molecule has 0 aliphatic carbocycles. The smallest absolute Gasteiger partial charge is 0.266 e. The minimum absolute atomic E-state index is 0.0728. The normalized spacial score (nSPS) is 12.3. The third-order valence-electron chi connectivity index (χ3n) is 5.17. The number of fused-ring (bicyclic) bond motifs is 2. The number of rotatable bonds is 5. The largest absolute Gasteiger partial charge is 0.454 e. The molecular weight excluding hydrogens is 410 g/mol. The van der Waals surface area contributed by atoms with E-state index >= 15 is 0 Å². The lowest BCUT2D eigenvalue weighted by Crippen LogP contribution is -2.22. The third-order valence-corrected chi connectivity index (χ3v) is 6.18. The Labute approximate surface area is 184 Å². The van der Waals surface area contributed by atoms with Gasteiger partial charge >= 0.3 is 0 Å². The first-order chi connectivity index (χ1) is 15.1. The first-order valence-electron chi connectivity index (χ1n) is 9.91. The first kappa shape index (κ1) is 19.5. The fourth-order valence-corrected chi connectivity index (χ4v) is 4.47. The zero-order valence-electron chi connectivity index (χ0n) is 17.2. The van der Waals surface area contributed by atoms with Gasteiger partial charge in [-0.05, 0) is 54.1 Å². The number of ether oxygens (including phenoxy) is 2. The van der Waals surface area contributed by atoms with Gasteiger partial charge in [-0.1, -0.05) is 30.0 Å². The van der Waals surface area contributed by atoms with E-state index in [-0.39, 0.29) is 12.4 Å². The van der Waals surface area contributed by atoms with Gasteiger partial charge in [0.15, 0.2) is 16.7 Å². The van der Waals surface area contributed by atoms with Gasteiger partial charge in [-0.3, -0.25) is 9.36 Å². The van der Waals surface area contributed by atoms with Crippen molar-refractivity contribution in [2.24, 2.45) is 0 Å². The van der Waals surface area contributed by atoms with Crippen molar-refractivity contribution in [3.63, 3.8) is 0 Å². The predicted molar refractivity (Wildman–Crippen MR) is 124 cm³/mol. The van der Waals surface area contributed by atoms with Crippen LogP contribution in [-0.4, -0.2) is 30.4 Å². The number of nitrogens with zero attached hydrogens (tertiary/aromatic N) is 3. The van der Waals surface area contributed by atoms with Gasteiger partial charge in [-0.25, -0.2) is 4.98 Å². The van der Waals surface area contributed by atoms with Crippen LogP contribution in [0.3, 0.4) is 0 Å². The summed E-state index contributed by atoms with van der Waals surface area (Å²) in [4.78, 5) is 20.2. The molecule has 6 nitrogen and oxygen atoms in total. The summed E-state index contributed by atoms with van der Waals surface area (Å²) in [6.07, 6.45) is 0. The topological polar surface area (TPSA) is 56.6 Å². The molecule has 2 heterocycles. The fourth-order valence-electron chi connectivity index (χ4n) is 3.52. The molecule has 156 valence electrons. The molecule has 1 aliphatic heterocycles. The maximum Gasteiger partial charge on any atom is 0.266 e. The van der Waals surface area contributed by atoms with Crippen molar-refractivity contribution in [1.82, 2.24) is 9.55 Å². The highest BCUT2D eigenvalue weighted by atomic mass is 32.2. The van der Waals surface area contributed by atoms with Gasteiger partial charge in [0.2, 0.25) is 6.79 Å². The molecule has 0 saturated carbocycles. The van der Waals surface area contributed by atoms with Crippen molar-refractivity contribution in [1.29, 1.82) is 0 Å². The molecule has 0 amide bonds. The monoisotopic (exact) mass is 431 g/mol. The summed E-state index contributed by atoms with van der Waals surface area (Å²) in [7, 11) is 3.98. The maximum absolute atomic E-state index is 13.4. The zero-order valence-corrected chi connectivity index (χ0v) is 18.1. The average Bonchev–Trinajstić information content (AvgIpc) is 3.26. The van der Waals surface area contributed by atoms with Crippen LogP contribution >= 0.6 is 11.8 Å². The molecule has 4 aromatic rings. The summed E-state index contributed by atoms with van der Waals surface area (Å²) in [6.45, 7) is 0.251. The Kier molecular flexibility index (Phi) is 5.03. The van der Waals surface area contributed by atoms with E-state index in [9.17, 15) is 4.79 Å². The number of thioether (sulfide) groups is 1. The van der Waals surface area contributed by atoms with E-state index in [1.54, 1.807) is 4.57 Å². The lowest BCUT2D eigenvalue weighted by Gasteiger charge is -2.16. The van der Waals surface area contributed by atoms with Gasteiger partial charge in [-0.2, -0.15) is 0 Å². The van der Waals surface area contributed by atoms with Crippen molar-refractivity contribution >= 4 is 28.4 Å². The average molecular weight is 432 g/mol. The van der Waals surface area contributed by atoms with E-state index in [0.717, 1.165) is 28.4 Å². The lowest BCUT2D eigenvalue weighted by molar-refractivity contribution is 0.174.